The number of aromatic nitrogens is 1. The fraction of sp³-hybridized carbons (Fsp3) is 0.345. The lowest BCUT2D eigenvalue weighted by Gasteiger charge is -2.18. The van der Waals surface area contributed by atoms with E-state index in [1.54, 1.807) is 18.3 Å². The summed E-state index contributed by atoms with van der Waals surface area (Å²) in [6, 6.07) is 17.7. The topological polar surface area (TPSA) is 34.6 Å². The van der Waals surface area contributed by atoms with Crippen LogP contribution in [0.4, 0.5) is 8.92 Å². The summed E-state index contributed by atoms with van der Waals surface area (Å²) in [5.41, 5.74) is 6.73. The molecule has 6 heteroatoms. The van der Waals surface area contributed by atoms with Crippen molar-refractivity contribution in [3.05, 3.63) is 89.2 Å². The van der Waals surface area contributed by atoms with Crippen molar-refractivity contribution in [3.63, 3.8) is 0 Å². The van der Waals surface area contributed by atoms with Gasteiger partial charge in [0.1, 0.15) is 11.9 Å². The molecule has 1 aliphatic carbocycles. The van der Waals surface area contributed by atoms with Crippen LogP contribution in [0.15, 0.2) is 67.0 Å². The van der Waals surface area contributed by atoms with Gasteiger partial charge >= 0.3 is 0 Å². The number of likely N-dealkylation sites (tertiary alicyclic amines) is 1. The van der Waals surface area contributed by atoms with Crippen molar-refractivity contribution >= 4 is 11.1 Å². The molecule has 5 rings (SSSR count). The number of allylic oxidation sites excluding steroid dienone is 1. The van der Waals surface area contributed by atoms with Crippen LogP contribution in [0.5, 0.6) is 11.5 Å². The third kappa shape index (κ3) is 5.38. The molecule has 4 nitrogen and oxygen atoms in total. The minimum atomic E-state index is -0.272. The highest BCUT2D eigenvalue weighted by atomic mass is 19.3. The van der Waals surface area contributed by atoms with Crippen molar-refractivity contribution in [2.24, 2.45) is 0 Å². The molecule has 1 saturated heterocycles. The molecule has 0 radical (unpaired) electrons. The average Bonchev–Trinajstić information content (AvgIpc) is 3.26. The Morgan fingerprint density at radius 3 is 2.63 bits per heavy atom. The second-order valence-electron chi connectivity index (χ2n) is 9.24. The molecule has 0 bridgehead atoms. The van der Waals surface area contributed by atoms with Crippen LogP contribution in [0.3, 0.4) is 0 Å². The Morgan fingerprint density at radius 2 is 1.86 bits per heavy atom. The fourth-order valence-corrected chi connectivity index (χ4v) is 5.24. The van der Waals surface area contributed by atoms with Gasteiger partial charge in [0.15, 0.2) is 5.75 Å². The Labute approximate surface area is 205 Å². The summed E-state index contributed by atoms with van der Waals surface area (Å²) >= 11 is 0. The van der Waals surface area contributed by atoms with Crippen molar-refractivity contribution in [2.75, 3.05) is 26.3 Å². The highest BCUT2D eigenvalue weighted by molar-refractivity contribution is 5.99. The van der Waals surface area contributed by atoms with Crippen LogP contribution >= 0.6 is 0 Å². The van der Waals surface area contributed by atoms with Gasteiger partial charge in [0, 0.05) is 36.6 Å². The number of rotatable bonds is 8. The summed E-state index contributed by atoms with van der Waals surface area (Å²) in [6.45, 7) is 2.30. The van der Waals surface area contributed by atoms with Gasteiger partial charge in [-0.1, -0.05) is 24.3 Å². The second-order valence-corrected chi connectivity index (χ2v) is 9.24. The number of alkyl halides is 1. The predicted molar refractivity (Wildman–Crippen MR) is 134 cm³/mol. The van der Waals surface area contributed by atoms with Crippen LogP contribution < -0.4 is 9.68 Å². The van der Waals surface area contributed by atoms with Gasteiger partial charge in [-0.05, 0) is 95.8 Å². The molecule has 1 atom stereocenters. The van der Waals surface area contributed by atoms with Crippen molar-refractivity contribution in [1.82, 2.24) is 9.88 Å². The Morgan fingerprint density at radius 1 is 1.00 bits per heavy atom. The van der Waals surface area contributed by atoms with Crippen LogP contribution in [0, 0.1) is 0 Å². The minimum Gasteiger partial charge on any atom is -0.489 e. The molecule has 182 valence electrons. The van der Waals surface area contributed by atoms with Gasteiger partial charge in [-0.2, -0.15) is 0 Å². The number of nitrogens with zero attached hydrogens (tertiary/aromatic N) is 2. The molecule has 2 aromatic carbocycles. The lowest BCUT2D eigenvalue weighted by Crippen LogP contribution is -2.26. The Hall–Kier alpha value is -3.25. The Balaban J connectivity index is 1.45. The van der Waals surface area contributed by atoms with Gasteiger partial charge < -0.3 is 4.74 Å². The first-order chi connectivity index (χ1) is 17.2. The molecule has 1 aliphatic heterocycles. The number of fused-ring (bicyclic) bond motifs is 1. The number of pyridine rings is 1. The minimum absolute atomic E-state index is 0.128. The van der Waals surface area contributed by atoms with Gasteiger partial charge in [0.05, 0.1) is 6.67 Å². The van der Waals surface area contributed by atoms with Gasteiger partial charge in [-0.15, -0.1) is 0 Å². The van der Waals surface area contributed by atoms with Gasteiger partial charge in [0.2, 0.25) is 0 Å². The monoisotopic (exact) mass is 476 g/mol. The number of aryl methyl sites for hydroxylation is 1. The molecule has 2 heterocycles. The van der Waals surface area contributed by atoms with E-state index in [1.165, 1.54) is 5.57 Å². The lowest BCUT2D eigenvalue weighted by atomic mass is 9.88. The first kappa shape index (κ1) is 23.5. The van der Waals surface area contributed by atoms with E-state index < -0.39 is 0 Å². The maximum absolute atomic E-state index is 12.9. The van der Waals surface area contributed by atoms with E-state index in [1.807, 2.05) is 30.5 Å². The van der Waals surface area contributed by atoms with E-state index in [0.29, 0.717) is 6.42 Å². The molecule has 0 unspecified atom stereocenters. The van der Waals surface area contributed by atoms with E-state index in [9.17, 15) is 8.92 Å². The zero-order chi connectivity index (χ0) is 24.0. The summed E-state index contributed by atoms with van der Waals surface area (Å²) in [5.74, 6) is 1.07. The van der Waals surface area contributed by atoms with Gasteiger partial charge in [-0.3, -0.25) is 19.2 Å². The van der Waals surface area contributed by atoms with E-state index in [4.69, 9.17) is 4.74 Å². The molecular formula is C29H30F2N2O2. The number of ether oxygens (including phenoxy) is 1. The highest BCUT2D eigenvalue weighted by Gasteiger charge is 2.24. The van der Waals surface area contributed by atoms with Crippen molar-refractivity contribution < 1.29 is 18.6 Å². The van der Waals surface area contributed by atoms with E-state index in [-0.39, 0.29) is 18.5 Å². The maximum Gasteiger partial charge on any atom is 0.172 e. The van der Waals surface area contributed by atoms with Crippen LogP contribution in [0.25, 0.3) is 11.1 Å². The molecule has 0 spiro atoms. The van der Waals surface area contributed by atoms with E-state index >= 15 is 0 Å². The number of benzene rings is 2. The normalized spacial score (nSPS) is 18.3. The smallest absolute Gasteiger partial charge is 0.172 e. The van der Waals surface area contributed by atoms with Gasteiger partial charge in [-0.25, -0.2) is 0 Å². The third-order valence-electron chi connectivity index (χ3n) is 6.90. The standard InChI is InChI=1S/C29H30F2N2O2/c30-14-3-16-33-17-13-26(20-33)34-24-9-7-21(8-10-24)29-27(23-5-2-15-32-19-23)6-1-4-22-18-25(35-31)11-12-28(22)29/h2,5,7-12,15,18-19,26H,1,3-4,6,13-14,16-17,20H2/t26-/m0/s1. The van der Waals surface area contributed by atoms with Crippen LogP contribution in [-0.4, -0.2) is 42.3 Å². The summed E-state index contributed by atoms with van der Waals surface area (Å²) in [7, 11) is 0. The third-order valence-corrected chi connectivity index (χ3v) is 6.90. The quantitative estimate of drug-likeness (QED) is 0.374. The zero-order valence-electron chi connectivity index (χ0n) is 19.8. The Bertz CT molecular complexity index is 1170. The second kappa shape index (κ2) is 11.0. The molecule has 3 aromatic rings. The largest absolute Gasteiger partial charge is 0.489 e. The molecule has 35 heavy (non-hydrogen) atoms. The summed E-state index contributed by atoms with van der Waals surface area (Å²) in [4.78, 5) is 10.6. The van der Waals surface area contributed by atoms with Crippen LogP contribution in [0.1, 0.15) is 47.9 Å². The summed E-state index contributed by atoms with van der Waals surface area (Å²) in [6.07, 6.45) is 8.06. The van der Waals surface area contributed by atoms with Gasteiger partial charge in [0.25, 0.3) is 0 Å². The predicted octanol–water partition coefficient (Wildman–Crippen LogP) is 6.45. The van der Waals surface area contributed by atoms with E-state index in [0.717, 1.165) is 78.9 Å². The average molecular weight is 477 g/mol. The summed E-state index contributed by atoms with van der Waals surface area (Å²) in [5, 5.41) is 0. The summed E-state index contributed by atoms with van der Waals surface area (Å²) < 4.78 is 31.6. The van der Waals surface area contributed by atoms with Crippen LogP contribution in [0.2, 0.25) is 0 Å². The molecule has 0 amide bonds. The number of hydrogen-bond donors (Lipinski definition) is 0. The molecule has 0 saturated carbocycles. The van der Waals surface area contributed by atoms with Crippen molar-refractivity contribution in [3.8, 4) is 11.5 Å². The molecule has 1 aromatic heterocycles. The van der Waals surface area contributed by atoms with Crippen molar-refractivity contribution in [1.29, 1.82) is 0 Å². The first-order valence-corrected chi connectivity index (χ1v) is 12.4. The maximum atomic E-state index is 12.9. The fourth-order valence-electron chi connectivity index (χ4n) is 5.24. The number of halogens is 2. The van der Waals surface area contributed by atoms with E-state index in [2.05, 4.69) is 33.0 Å². The van der Waals surface area contributed by atoms with Crippen LogP contribution in [-0.2, 0) is 6.42 Å². The molecule has 2 aliphatic rings. The Kier molecular flexibility index (Phi) is 7.38. The van der Waals surface area contributed by atoms with Crippen molar-refractivity contribution in [2.45, 2.75) is 38.2 Å². The lowest BCUT2D eigenvalue weighted by molar-refractivity contribution is -0.00629. The zero-order valence-corrected chi connectivity index (χ0v) is 19.8. The first-order valence-electron chi connectivity index (χ1n) is 12.4. The molecule has 0 N–H and O–H groups in total. The number of hydrogen-bond acceptors (Lipinski definition) is 4. The molecular weight excluding hydrogens is 446 g/mol. The molecule has 1 fully saturated rings. The highest BCUT2D eigenvalue weighted by Crippen LogP contribution is 2.41. The SMILES string of the molecule is FCCCN1CC[C@H](Oc2ccc(C3=C(c4cccnc4)CCCc4cc(OF)ccc43)cc2)C1.